The third-order valence-electron chi connectivity index (χ3n) is 2.07. The van der Waals surface area contributed by atoms with E-state index < -0.39 is 22.3 Å². The molecule has 0 fully saturated rings. The minimum atomic E-state index is -0.925. The van der Waals surface area contributed by atoms with Crippen LogP contribution in [0.2, 0.25) is 10.0 Å². The molecule has 1 amide bonds. The van der Waals surface area contributed by atoms with Crippen molar-refractivity contribution < 1.29 is 14.5 Å². The molecule has 16 heavy (non-hydrogen) atoms. The molecule has 0 saturated heterocycles. The van der Waals surface area contributed by atoms with Gasteiger partial charge in [0.15, 0.2) is 0 Å². The molecule has 0 atom stereocenters. The van der Waals surface area contributed by atoms with Crippen molar-refractivity contribution >= 4 is 46.3 Å². The summed E-state index contributed by atoms with van der Waals surface area (Å²) in [6.07, 6.45) is 0. The number of carbonyl (C=O) groups excluding carboxylic acids is 2. The number of anilines is 1. The van der Waals surface area contributed by atoms with Gasteiger partial charge in [0.2, 0.25) is 0 Å². The van der Waals surface area contributed by atoms with Crippen LogP contribution in [0.3, 0.4) is 0 Å². The van der Waals surface area contributed by atoms with Gasteiger partial charge < -0.3 is 5.32 Å². The molecule has 6 nitrogen and oxygen atoms in total. The molecule has 0 saturated carbocycles. The predicted molar refractivity (Wildman–Crippen MR) is 56.1 cm³/mol. The topological polar surface area (TPSA) is 89.3 Å². The molecule has 1 aliphatic rings. The molecule has 0 aromatic heterocycles. The van der Waals surface area contributed by atoms with Crippen molar-refractivity contribution in [2.45, 2.75) is 0 Å². The van der Waals surface area contributed by atoms with E-state index in [1.54, 1.807) is 0 Å². The molecule has 1 aliphatic heterocycles. The van der Waals surface area contributed by atoms with Crippen LogP contribution in [0, 0.1) is 10.1 Å². The zero-order chi connectivity index (χ0) is 12.0. The molecule has 0 spiro atoms. The van der Waals surface area contributed by atoms with Crippen molar-refractivity contribution in [3.8, 4) is 0 Å². The quantitative estimate of drug-likeness (QED) is 0.475. The Bertz CT molecular complexity index is 555. The monoisotopic (exact) mass is 260 g/mol. The highest BCUT2D eigenvalue weighted by Crippen LogP contribution is 2.41. The van der Waals surface area contributed by atoms with Crippen molar-refractivity contribution in [2.75, 3.05) is 5.32 Å². The number of hydrogen-bond donors (Lipinski definition) is 1. The summed E-state index contributed by atoms with van der Waals surface area (Å²) in [5.74, 6) is -1.83. The summed E-state index contributed by atoms with van der Waals surface area (Å²) in [4.78, 5) is 32.3. The van der Waals surface area contributed by atoms with Crippen molar-refractivity contribution in [1.82, 2.24) is 0 Å². The number of carbonyl (C=O) groups is 2. The maximum Gasteiger partial charge on any atom is 0.296 e. The Kier molecular flexibility index (Phi) is 2.32. The molecule has 1 N–H and O–H groups in total. The first kappa shape index (κ1) is 10.8. The molecule has 1 aromatic carbocycles. The van der Waals surface area contributed by atoms with Gasteiger partial charge in [0, 0.05) is 6.07 Å². The van der Waals surface area contributed by atoms with Crippen molar-refractivity contribution in [1.29, 1.82) is 0 Å². The van der Waals surface area contributed by atoms with E-state index in [-0.39, 0.29) is 21.3 Å². The summed E-state index contributed by atoms with van der Waals surface area (Å²) in [5.41, 5.74) is -0.728. The lowest BCUT2D eigenvalue weighted by atomic mass is 10.1. The van der Waals surface area contributed by atoms with E-state index in [0.717, 1.165) is 6.07 Å². The average molecular weight is 261 g/mol. The van der Waals surface area contributed by atoms with Crippen molar-refractivity contribution in [3.63, 3.8) is 0 Å². The normalized spacial score (nSPS) is 13.6. The number of ketones is 1. The second-order valence-electron chi connectivity index (χ2n) is 2.98. The number of halogens is 2. The van der Waals surface area contributed by atoms with Crippen LogP contribution in [0.15, 0.2) is 6.07 Å². The van der Waals surface area contributed by atoms with Gasteiger partial charge in [-0.25, -0.2) is 0 Å². The number of nitro benzene ring substituents is 1. The highest BCUT2D eigenvalue weighted by Gasteiger charge is 2.36. The van der Waals surface area contributed by atoms with Gasteiger partial charge in [-0.1, -0.05) is 23.2 Å². The van der Waals surface area contributed by atoms with E-state index in [9.17, 15) is 19.7 Å². The fraction of sp³-hybridized carbons (Fsp3) is 0. The lowest BCUT2D eigenvalue weighted by Gasteiger charge is -2.03. The molecule has 8 heteroatoms. The molecule has 0 aliphatic carbocycles. The number of nitrogens with one attached hydrogen (secondary N) is 1. The molecular formula is C8H2Cl2N2O4. The van der Waals surface area contributed by atoms with Crippen LogP contribution in [-0.2, 0) is 4.79 Å². The third kappa shape index (κ3) is 1.35. The zero-order valence-corrected chi connectivity index (χ0v) is 8.93. The third-order valence-corrected chi connectivity index (χ3v) is 2.75. The molecule has 0 radical (unpaired) electrons. The number of hydrogen-bond acceptors (Lipinski definition) is 4. The largest absolute Gasteiger partial charge is 0.317 e. The Morgan fingerprint density at radius 2 is 1.94 bits per heavy atom. The van der Waals surface area contributed by atoms with Crippen LogP contribution >= 0.6 is 23.2 Å². The van der Waals surface area contributed by atoms with Crippen molar-refractivity contribution in [2.24, 2.45) is 0 Å². The first-order valence-corrected chi connectivity index (χ1v) is 4.71. The number of amides is 1. The number of nitrogens with zero attached hydrogens (tertiary/aromatic N) is 1. The SMILES string of the molecule is O=C1Nc2c(Cl)cc([N+](=O)[O-])c(Cl)c2C1=O. The molecular weight excluding hydrogens is 259 g/mol. The van der Waals surface area contributed by atoms with Crippen LogP contribution in [-0.4, -0.2) is 16.6 Å². The Balaban J connectivity index is 2.79. The van der Waals surface area contributed by atoms with Gasteiger partial charge in [-0.2, -0.15) is 0 Å². The van der Waals surface area contributed by atoms with Crippen molar-refractivity contribution in [3.05, 3.63) is 31.8 Å². The van der Waals surface area contributed by atoms with Gasteiger partial charge in [-0.3, -0.25) is 19.7 Å². The van der Waals surface area contributed by atoms with Gasteiger partial charge in [0.1, 0.15) is 5.02 Å². The van der Waals surface area contributed by atoms with Gasteiger partial charge in [-0.15, -0.1) is 0 Å². The number of fused-ring (bicyclic) bond motifs is 1. The lowest BCUT2D eigenvalue weighted by molar-refractivity contribution is -0.384. The van der Waals surface area contributed by atoms with E-state index in [2.05, 4.69) is 5.32 Å². The van der Waals surface area contributed by atoms with Gasteiger partial charge in [-0.05, 0) is 0 Å². The maximum atomic E-state index is 11.4. The number of Topliss-reactive ketones (excluding diaryl/α,β-unsaturated/α-hetero) is 1. The fourth-order valence-electron chi connectivity index (χ4n) is 1.36. The highest BCUT2D eigenvalue weighted by atomic mass is 35.5. The fourth-order valence-corrected chi connectivity index (χ4v) is 1.91. The minimum absolute atomic E-state index is 0.0206. The Morgan fingerprint density at radius 3 is 2.50 bits per heavy atom. The first-order chi connectivity index (χ1) is 7.43. The van der Waals surface area contributed by atoms with Gasteiger partial charge in [0.25, 0.3) is 17.4 Å². The standard InChI is InChI=1S/C8H2Cl2N2O4/c9-2-1-3(12(15)16)5(10)4-6(2)11-8(14)7(4)13/h1H,(H,11,13,14). The Hall–Kier alpha value is -1.66. The number of benzene rings is 1. The summed E-state index contributed by atoms with van der Waals surface area (Å²) < 4.78 is 0. The van der Waals surface area contributed by atoms with Crippen LogP contribution < -0.4 is 5.32 Å². The molecule has 2 rings (SSSR count). The molecule has 1 aromatic rings. The maximum absolute atomic E-state index is 11.4. The van der Waals surface area contributed by atoms with Crippen LogP contribution in [0.1, 0.15) is 10.4 Å². The molecule has 82 valence electrons. The predicted octanol–water partition coefficient (Wildman–Crippen LogP) is 2.04. The smallest absolute Gasteiger partial charge is 0.296 e. The number of rotatable bonds is 1. The summed E-state index contributed by atoms with van der Waals surface area (Å²) in [6, 6.07) is 0.988. The minimum Gasteiger partial charge on any atom is -0.317 e. The lowest BCUT2D eigenvalue weighted by Crippen LogP contribution is -2.12. The van der Waals surface area contributed by atoms with E-state index in [4.69, 9.17) is 23.2 Å². The summed E-state index contributed by atoms with van der Waals surface area (Å²) in [7, 11) is 0. The van der Waals surface area contributed by atoms with E-state index in [1.165, 1.54) is 0 Å². The zero-order valence-electron chi connectivity index (χ0n) is 7.41. The Morgan fingerprint density at radius 1 is 1.31 bits per heavy atom. The molecule has 0 unspecified atom stereocenters. The van der Waals surface area contributed by atoms with Gasteiger partial charge in [0.05, 0.1) is 21.2 Å². The van der Waals surface area contributed by atoms with Crippen LogP contribution in [0.4, 0.5) is 11.4 Å². The molecule has 1 heterocycles. The van der Waals surface area contributed by atoms with Gasteiger partial charge >= 0.3 is 0 Å². The van der Waals surface area contributed by atoms with Crippen LogP contribution in [0.25, 0.3) is 0 Å². The summed E-state index contributed by atoms with van der Waals surface area (Å²) in [6.45, 7) is 0. The summed E-state index contributed by atoms with van der Waals surface area (Å²) in [5, 5.41) is 12.3. The van der Waals surface area contributed by atoms with E-state index >= 15 is 0 Å². The van der Waals surface area contributed by atoms with Crippen LogP contribution in [0.5, 0.6) is 0 Å². The highest BCUT2D eigenvalue weighted by molar-refractivity contribution is 6.57. The molecule has 0 bridgehead atoms. The second kappa shape index (κ2) is 3.43. The van der Waals surface area contributed by atoms with E-state index in [1.807, 2.05) is 0 Å². The summed E-state index contributed by atoms with van der Waals surface area (Å²) >= 11 is 11.4. The number of nitro groups is 1. The first-order valence-electron chi connectivity index (χ1n) is 3.95. The average Bonchev–Trinajstić information content (AvgIpc) is 2.50. The van der Waals surface area contributed by atoms with E-state index in [0.29, 0.717) is 0 Å². The second-order valence-corrected chi connectivity index (χ2v) is 3.77. The Labute approximate surface area is 98.3 Å².